The van der Waals surface area contributed by atoms with Crippen molar-refractivity contribution in [2.45, 2.75) is 12.7 Å². The number of rotatable bonds is 2. The summed E-state index contributed by atoms with van der Waals surface area (Å²) in [5.74, 6) is -1.41. The molecule has 0 saturated heterocycles. The number of hydrogen-bond donors (Lipinski definition) is 1. The van der Waals surface area contributed by atoms with Gasteiger partial charge in [-0.2, -0.15) is 0 Å². The van der Waals surface area contributed by atoms with Crippen LogP contribution in [-0.4, -0.2) is 22.1 Å². The van der Waals surface area contributed by atoms with Gasteiger partial charge in [-0.1, -0.05) is 48.5 Å². The molecule has 2 bridgehead atoms. The van der Waals surface area contributed by atoms with Gasteiger partial charge in [-0.15, -0.1) is 0 Å². The molecule has 0 fully saturated rings. The molecule has 2 amide bonds. The summed E-state index contributed by atoms with van der Waals surface area (Å²) in [6, 6.07) is 16.7. The molecule has 1 atom stereocenters. The molecular formula is C17H13ClN4O2. The molecule has 5 rings (SSSR count). The van der Waals surface area contributed by atoms with Gasteiger partial charge in [0.2, 0.25) is 5.29 Å². The number of aliphatic imine (C=N–C) groups is 1. The van der Waals surface area contributed by atoms with Crippen molar-refractivity contribution in [3.8, 4) is 0 Å². The van der Waals surface area contributed by atoms with Gasteiger partial charge in [0, 0.05) is 5.56 Å². The zero-order valence-corrected chi connectivity index (χ0v) is 13.3. The first-order chi connectivity index (χ1) is 11.6. The number of fused-ring (bicyclic) bond motifs is 3. The first kappa shape index (κ1) is 14.9. The fourth-order valence-electron chi connectivity index (χ4n) is 2.85. The van der Waals surface area contributed by atoms with E-state index < -0.39 is 18.0 Å². The van der Waals surface area contributed by atoms with Crippen molar-refractivity contribution in [2.24, 2.45) is 4.99 Å². The van der Waals surface area contributed by atoms with Crippen LogP contribution < -0.4 is 10.3 Å². The third-order valence-electron chi connectivity index (χ3n) is 3.99. The van der Waals surface area contributed by atoms with E-state index in [0.717, 1.165) is 16.0 Å². The number of nitrogens with zero attached hydrogens (tertiary/aromatic N) is 3. The lowest BCUT2D eigenvalue weighted by Gasteiger charge is -2.37. The van der Waals surface area contributed by atoms with Crippen molar-refractivity contribution in [3.63, 3.8) is 0 Å². The van der Waals surface area contributed by atoms with Crippen molar-refractivity contribution < 1.29 is 9.59 Å². The van der Waals surface area contributed by atoms with Crippen LogP contribution in [0.25, 0.3) is 0 Å². The van der Waals surface area contributed by atoms with Gasteiger partial charge in [-0.3, -0.25) is 14.6 Å². The third kappa shape index (κ3) is 2.36. The highest BCUT2D eigenvalue weighted by Crippen LogP contribution is 2.35. The van der Waals surface area contributed by atoms with Crippen LogP contribution >= 0.6 is 11.6 Å². The molecule has 120 valence electrons. The van der Waals surface area contributed by atoms with E-state index >= 15 is 0 Å². The fourth-order valence-corrected chi connectivity index (χ4v) is 3.11. The molecule has 1 unspecified atom stereocenters. The second kappa shape index (κ2) is 5.74. The Hall–Kier alpha value is -2.70. The topological polar surface area (TPSA) is 65.0 Å². The zero-order chi connectivity index (χ0) is 16.7. The summed E-state index contributed by atoms with van der Waals surface area (Å²) >= 11 is 6.13. The molecule has 1 N–H and O–H groups in total. The first-order valence-corrected chi connectivity index (χ1v) is 7.81. The summed E-state index contributed by atoms with van der Waals surface area (Å²) in [5, 5.41) is 1.28. The van der Waals surface area contributed by atoms with Gasteiger partial charge < -0.3 is 0 Å². The predicted molar refractivity (Wildman–Crippen MR) is 90.1 cm³/mol. The number of halogens is 1. The predicted octanol–water partition coefficient (Wildman–Crippen LogP) is 2.17. The number of carbonyl (C=O) groups is 2. The minimum absolute atomic E-state index is 0.0103. The summed E-state index contributed by atoms with van der Waals surface area (Å²) < 4.78 is 0. The maximum absolute atomic E-state index is 12.7. The molecule has 3 aliphatic heterocycles. The average Bonchev–Trinajstić information content (AvgIpc) is 2.60. The molecule has 2 aromatic rings. The van der Waals surface area contributed by atoms with E-state index in [4.69, 9.17) is 11.6 Å². The number of nitrogens with one attached hydrogen (secondary N) is 1. The molecule has 0 saturated carbocycles. The normalized spacial score (nSPS) is 19.7. The molecule has 0 radical (unpaired) electrons. The van der Waals surface area contributed by atoms with Gasteiger partial charge in [-0.25, -0.2) is 15.3 Å². The molecule has 2 aromatic carbocycles. The number of amidine groups is 1. The lowest BCUT2D eigenvalue weighted by molar-refractivity contribution is -0.147. The molecule has 3 heterocycles. The van der Waals surface area contributed by atoms with Crippen molar-refractivity contribution in [3.05, 3.63) is 65.7 Å². The number of hydrazine groups is 1. The number of hydrogen-bond acceptors (Lipinski definition) is 4. The molecule has 7 heteroatoms. The molecule has 0 aliphatic carbocycles. The Morgan fingerprint density at radius 2 is 1.71 bits per heavy atom. The first-order valence-electron chi connectivity index (χ1n) is 7.43. The van der Waals surface area contributed by atoms with E-state index in [0.29, 0.717) is 5.69 Å². The third-order valence-corrected chi connectivity index (χ3v) is 4.25. The highest BCUT2D eigenvalue weighted by atomic mass is 35.5. The zero-order valence-electron chi connectivity index (χ0n) is 12.5. The van der Waals surface area contributed by atoms with Crippen LogP contribution in [0, 0.1) is 0 Å². The van der Waals surface area contributed by atoms with E-state index in [1.807, 2.05) is 42.5 Å². The van der Waals surface area contributed by atoms with Crippen molar-refractivity contribution in [1.82, 2.24) is 10.4 Å². The van der Waals surface area contributed by atoms with E-state index in [1.54, 1.807) is 12.1 Å². The van der Waals surface area contributed by atoms with Crippen molar-refractivity contribution in [1.29, 1.82) is 0 Å². The average molecular weight is 341 g/mol. The minimum Gasteiger partial charge on any atom is -0.263 e. The Balaban J connectivity index is 1.76. The van der Waals surface area contributed by atoms with Gasteiger partial charge in [0.05, 0.1) is 12.2 Å². The Morgan fingerprint density at radius 3 is 2.50 bits per heavy atom. The van der Waals surface area contributed by atoms with Gasteiger partial charge >= 0.3 is 11.8 Å². The number of para-hydroxylation sites is 1. The SMILES string of the molecule is O=C1C(=O)N2C(Cl)=NC(NN1Cc1ccccc1)c1ccccc12. The van der Waals surface area contributed by atoms with Crippen LogP contribution in [0.5, 0.6) is 0 Å². The number of benzene rings is 2. The summed E-state index contributed by atoms with van der Waals surface area (Å²) in [5.41, 5.74) is 5.30. The van der Waals surface area contributed by atoms with E-state index in [2.05, 4.69) is 10.4 Å². The quantitative estimate of drug-likeness (QED) is 0.673. The second-order valence-electron chi connectivity index (χ2n) is 5.51. The van der Waals surface area contributed by atoms with E-state index in [9.17, 15) is 9.59 Å². The minimum atomic E-state index is -0.738. The summed E-state index contributed by atoms with van der Waals surface area (Å²) in [7, 11) is 0. The van der Waals surface area contributed by atoms with Crippen LogP contribution in [0.2, 0.25) is 0 Å². The van der Waals surface area contributed by atoms with Gasteiger partial charge in [0.25, 0.3) is 0 Å². The van der Waals surface area contributed by atoms with E-state index in [-0.39, 0.29) is 11.8 Å². The summed E-state index contributed by atoms with van der Waals surface area (Å²) in [6.07, 6.45) is -0.522. The Morgan fingerprint density at radius 1 is 1.00 bits per heavy atom. The van der Waals surface area contributed by atoms with Gasteiger partial charge in [0.15, 0.2) is 0 Å². The highest BCUT2D eigenvalue weighted by molar-refractivity contribution is 6.72. The lowest BCUT2D eigenvalue weighted by Crippen LogP contribution is -2.56. The van der Waals surface area contributed by atoms with E-state index in [1.165, 1.54) is 5.01 Å². The van der Waals surface area contributed by atoms with Crippen LogP contribution in [-0.2, 0) is 16.1 Å². The van der Waals surface area contributed by atoms with Crippen molar-refractivity contribution in [2.75, 3.05) is 4.90 Å². The maximum Gasteiger partial charge on any atom is 0.327 e. The number of anilines is 1. The van der Waals surface area contributed by atoms with Gasteiger partial charge in [-0.05, 0) is 23.2 Å². The molecule has 0 spiro atoms. The largest absolute Gasteiger partial charge is 0.327 e. The van der Waals surface area contributed by atoms with Crippen molar-refractivity contribution >= 4 is 34.4 Å². The smallest absolute Gasteiger partial charge is 0.263 e. The molecule has 3 aliphatic rings. The second-order valence-corrected chi connectivity index (χ2v) is 5.84. The van der Waals surface area contributed by atoms with Gasteiger partial charge in [0.1, 0.15) is 6.17 Å². The van der Waals surface area contributed by atoms with Crippen LogP contribution in [0.4, 0.5) is 5.69 Å². The Bertz CT molecular complexity index is 853. The molecule has 24 heavy (non-hydrogen) atoms. The standard InChI is InChI=1S/C17H13ClN4O2/c18-17-19-14-12-8-4-5-9-13(12)22(17)16(24)15(23)21(20-14)10-11-6-2-1-3-7-11/h1-9,14,20H,10H2. The number of carbonyl (C=O) groups excluding carboxylic acids is 2. The molecule has 6 nitrogen and oxygen atoms in total. The summed E-state index contributed by atoms with van der Waals surface area (Å²) in [4.78, 5) is 30.7. The Kier molecular flexibility index (Phi) is 3.55. The molecule has 0 aromatic heterocycles. The fraction of sp³-hybridized carbons (Fsp3) is 0.118. The maximum atomic E-state index is 12.7. The summed E-state index contributed by atoms with van der Waals surface area (Å²) in [6.45, 7) is 0.255. The lowest BCUT2D eigenvalue weighted by atomic mass is 10.1. The Labute approximate surface area is 143 Å². The highest BCUT2D eigenvalue weighted by Gasteiger charge is 2.40. The molecular weight excluding hydrogens is 328 g/mol. The van der Waals surface area contributed by atoms with Crippen LogP contribution in [0.1, 0.15) is 17.3 Å². The van der Waals surface area contributed by atoms with Crippen LogP contribution in [0.15, 0.2) is 59.6 Å². The number of amides is 2. The van der Waals surface area contributed by atoms with Crippen LogP contribution in [0.3, 0.4) is 0 Å². The monoisotopic (exact) mass is 340 g/mol.